The Hall–Kier alpha value is -2.38. The molecule has 1 aromatic heterocycles. The molecule has 28 heavy (non-hydrogen) atoms. The molecule has 2 rings (SSSR count). The van der Waals surface area contributed by atoms with Gasteiger partial charge in [0.2, 0.25) is 17.6 Å². The van der Waals surface area contributed by atoms with E-state index in [9.17, 15) is 18.0 Å². The maximum Gasteiger partial charge on any atom is 0.416 e. The van der Waals surface area contributed by atoms with Gasteiger partial charge in [0.15, 0.2) is 0 Å². The van der Waals surface area contributed by atoms with E-state index in [1.165, 1.54) is 12.1 Å². The summed E-state index contributed by atoms with van der Waals surface area (Å²) in [5.74, 6) is 0.759. The Morgan fingerprint density at radius 3 is 2.64 bits per heavy atom. The largest absolute Gasteiger partial charge is 0.416 e. The molecule has 0 saturated carbocycles. The average molecular weight is 397 g/mol. The van der Waals surface area contributed by atoms with Gasteiger partial charge in [0, 0.05) is 31.5 Å². The van der Waals surface area contributed by atoms with E-state index in [4.69, 9.17) is 4.52 Å². The highest BCUT2D eigenvalue weighted by Crippen LogP contribution is 2.31. The van der Waals surface area contributed by atoms with Gasteiger partial charge in [0.1, 0.15) is 0 Å². The number of amides is 1. The predicted octanol–water partition coefficient (Wildman–Crippen LogP) is 4.97. The summed E-state index contributed by atoms with van der Waals surface area (Å²) in [7, 11) is 0. The molecule has 0 saturated heterocycles. The van der Waals surface area contributed by atoms with Gasteiger partial charge in [-0.25, -0.2) is 0 Å². The van der Waals surface area contributed by atoms with E-state index >= 15 is 0 Å². The molecule has 154 valence electrons. The summed E-state index contributed by atoms with van der Waals surface area (Å²) in [4.78, 5) is 18.4. The zero-order chi connectivity index (χ0) is 20.7. The van der Waals surface area contributed by atoms with Crippen LogP contribution in [0.25, 0.3) is 11.4 Å². The Morgan fingerprint density at radius 1 is 1.25 bits per heavy atom. The van der Waals surface area contributed by atoms with Crippen molar-refractivity contribution >= 4 is 5.91 Å². The normalized spacial score (nSPS) is 11.8. The van der Waals surface area contributed by atoms with Crippen molar-refractivity contribution in [3.8, 4) is 11.4 Å². The Labute approximate surface area is 162 Å². The van der Waals surface area contributed by atoms with E-state index in [2.05, 4.69) is 17.1 Å². The third-order valence-electron chi connectivity index (χ3n) is 4.23. The zero-order valence-electron chi connectivity index (χ0n) is 16.4. The summed E-state index contributed by atoms with van der Waals surface area (Å²) in [5, 5.41) is 3.79. The van der Waals surface area contributed by atoms with Crippen LogP contribution in [-0.2, 0) is 17.4 Å². The van der Waals surface area contributed by atoms with E-state index in [0.29, 0.717) is 31.8 Å². The van der Waals surface area contributed by atoms with Crippen molar-refractivity contribution in [2.24, 2.45) is 5.92 Å². The minimum absolute atomic E-state index is 0.0843. The lowest BCUT2D eigenvalue weighted by molar-refractivity contribution is -0.137. The minimum atomic E-state index is -4.43. The maximum atomic E-state index is 12.9. The van der Waals surface area contributed by atoms with Crippen molar-refractivity contribution in [2.45, 2.75) is 52.6 Å². The third kappa shape index (κ3) is 6.35. The second-order valence-electron chi connectivity index (χ2n) is 7.17. The van der Waals surface area contributed by atoms with Crippen LogP contribution in [0, 0.1) is 5.92 Å². The Balaban J connectivity index is 2.06. The van der Waals surface area contributed by atoms with Crippen molar-refractivity contribution in [1.29, 1.82) is 0 Å². The zero-order valence-corrected chi connectivity index (χ0v) is 16.4. The molecule has 1 amide bonds. The molecule has 0 atom stereocenters. The van der Waals surface area contributed by atoms with Gasteiger partial charge < -0.3 is 9.42 Å². The summed E-state index contributed by atoms with van der Waals surface area (Å²) in [6.07, 6.45) is -1.71. The van der Waals surface area contributed by atoms with Crippen LogP contribution in [0.4, 0.5) is 13.2 Å². The molecule has 2 aromatic rings. The van der Waals surface area contributed by atoms with E-state index in [1.54, 1.807) is 4.90 Å². The molecule has 0 aliphatic carbocycles. The maximum absolute atomic E-state index is 12.9. The molecule has 1 aromatic carbocycles. The number of aromatic nitrogens is 2. The second kappa shape index (κ2) is 9.71. The fourth-order valence-electron chi connectivity index (χ4n) is 2.73. The molecule has 5 nitrogen and oxygen atoms in total. The van der Waals surface area contributed by atoms with Crippen LogP contribution >= 0.6 is 0 Å². The van der Waals surface area contributed by atoms with Crippen LogP contribution in [-0.4, -0.2) is 34.0 Å². The van der Waals surface area contributed by atoms with Crippen LogP contribution in [0.3, 0.4) is 0 Å². The highest BCUT2D eigenvalue weighted by Gasteiger charge is 2.30. The summed E-state index contributed by atoms with van der Waals surface area (Å²) in [6.45, 7) is 7.15. The number of carbonyl (C=O) groups excluding carboxylic acids is 1. The third-order valence-corrected chi connectivity index (χ3v) is 4.23. The topological polar surface area (TPSA) is 59.2 Å². The van der Waals surface area contributed by atoms with E-state index in [1.807, 2.05) is 13.8 Å². The van der Waals surface area contributed by atoms with E-state index in [0.717, 1.165) is 25.0 Å². The first-order chi connectivity index (χ1) is 13.2. The van der Waals surface area contributed by atoms with Gasteiger partial charge in [0.05, 0.1) is 5.56 Å². The minimum Gasteiger partial charge on any atom is -0.342 e. The van der Waals surface area contributed by atoms with Gasteiger partial charge in [-0.3, -0.25) is 4.79 Å². The van der Waals surface area contributed by atoms with Crippen molar-refractivity contribution in [3.05, 3.63) is 35.7 Å². The lowest BCUT2D eigenvalue weighted by Gasteiger charge is -2.22. The standard InChI is InChI=1S/C20H26F3N3O2/c1-4-5-10-26(18(27)12-14(2)3)11-9-17-24-19(25-28-17)15-7-6-8-16(13-15)20(21,22)23/h6-8,13-14H,4-5,9-12H2,1-3H3. The van der Waals surface area contributed by atoms with Crippen LogP contribution in [0.5, 0.6) is 0 Å². The van der Waals surface area contributed by atoms with E-state index in [-0.39, 0.29) is 23.2 Å². The van der Waals surface area contributed by atoms with Crippen molar-refractivity contribution in [2.75, 3.05) is 13.1 Å². The molecular weight excluding hydrogens is 371 g/mol. The molecule has 0 fully saturated rings. The van der Waals surface area contributed by atoms with Crippen LogP contribution in [0.2, 0.25) is 0 Å². The lowest BCUT2D eigenvalue weighted by Crippen LogP contribution is -2.34. The molecule has 0 aliphatic heterocycles. The smallest absolute Gasteiger partial charge is 0.342 e. The number of hydrogen-bond donors (Lipinski definition) is 0. The monoisotopic (exact) mass is 397 g/mol. The van der Waals surface area contributed by atoms with Gasteiger partial charge in [-0.05, 0) is 24.5 Å². The average Bonchev–Trinajstić information content (AvgIpc) is 3.09. The van der Waals surface area contributed by atoms with Gasteiger partial charge in [-0.15, -0.1) is 0 Å². The first-order valence-corrected chi connectivity index (χ1v) is 9.48. The SMILES string of the molecule is CCCCN(CCc1nc(-c2cccc(C(F)(F)F)c2)no1)C(=O)CC(C)C. The second-order valence-corrected chi connectivity index (χ2v) is 7.17. The Morgan fingerprint density at radius 2 is 2.00 bits per heavy atom. The first kappa shape index (κ1) is 21.9. The summed E-state index contributed by atoms with van der Waals surface area (Å²) in [5.41, 5.74) is -0.523. The fraction of sp³-hybridized carbons (Fsp3) is 0.550. The number of benzene rings is 1. The van der Waals surface area contributed by atoms with Gasteiger partial charge in [0.25, 0.3) is 0 Å². The molecule has 0 unspecified atom stereocenters. The number of alkyl halides is 3. The van der Waals surface area contributed by atoms with Crippen molar-refractivity contribution in [1.82, 2.24) is 15.0 Å². The number of hydrogen-bond acceptors (Lipinski definition) is 4. The summed E-state index contributed by atoms with van der Waals surface area (Å²) in [6, 6.07) is 4.81. The fourth-order valence-corrected chi connectivity index (χ4v) is 2.73. The predicted molar refractivity (Wildman–Crippen MR) is 99.4 cm³/mol. The van der Waals surface area contributed by atoms with Gasteiger partial charge in [-0.1, -0.05) is 44.5 Å². The highest BCUT2D eigenvalue weighted by molar-refractivity contribution is 5.76. The number of nitrogens with zero attached hydrogens (tertiary/aromatic N) is 3. The number of unbranched alkanes of at least 4 members (excludes halogenated alkanes) is 1. The van der Waals surface area contributed by atoms with Crippen LogP contribution < -0.4 is 0 Å². The van der Waals surface area contributed by atoms with Gasteiger partial charge in [-0.2, -0.15) is 18.2 Å². The molecule has 0 bridgehead atoms. The molecule has 0 N–H and O–H groups in total. The Bertz CT molecular complexity index is 772. The van der Waals surface area contributed by atoms with Crippen molar-refractivity contribution in [3.63, 3.8) is 0 Å². The molecule has 0 spiro atoms. The molecular formula is C20H26F3N3O2. The van der Waals surface area contributed by atoms with Crippen LogP contribution in [0.1, 0.15) is 51.5 Å². The molecule has 0 radical (unpaired) electrons. The summed E-state index contributed by atoms with van der Waals surface area (Å²) < 4.78 is 43.8. The molecule has 8 heteroatoms. The number of carbonyl (C=O) groups is 1. The lowest BCUT2D eigenvalue weighted by atomic mass is 10.1. The number of rotatable bonds is 9. The number of halogens is 3. The quantitative estimate of drug-likeness (QED) is 0.599. The molecule has 1 heterocycles. The summed E-state index contributed by atoms with van der Waals surface area (Å²) >= 11 is 0. The van der Waals surface area contributed by atoms with Crippen LogP contribution in [0.15, 0.2) is 28.8 Å². The van der Waals surface area contributed by atoms with Crippen molar-refractivity contribution < 1.29 is 22.5 Å². The van der Waals surface area contributed by atoms with E-state index < -0.39 is 11.7 Å². The Kier molecular flexibility index (Phi) is 7.60. The van der Waals surface area contributed by atoms with Gasteiger partial charge >= 0.3 is 6.18 Å². The molecule has 0 aliphatic rings. The highest BCUT2D eigenvalue weighted by atomic mass is 19.4. The first-order valence-electron chi connectivity index (χ1n) is 9.48.